The quantitative estimate of drug-likeness (QED) is 0.872. The lowest BCUT2D eigenvalue weighted by Gasteiger charge is -2.33. The van der Waals surface area contributed by atoms with Crippen molar-refractivity contribution in [3.05, 3.63) is 11.6 Å². The summed E-state index contributed by atoms with van der Waals surface area (Å²) in [5.41, 5.74) is -3.94. The van der Waals surface area contributed by atoms with Crippen molar-refractivity contribution in [3.8, 4) is 0 Å². The van der Waals surface area contributed by atoms with Crippen LogP contribution >= 0.6 is 10.6 Å². The lowest BCUT2D eigenvalue weighted by molar-refractivity contribution is 0.0123. The Labute approximate surface area is 109 Å². The van der Waals surface area contributed by atoms with Crippen molar-refractivity contribution < 1.29 is 22.7 Å². The highest BCUT2D eigenvalue weighted by atomic mass is 32.3. The Bertz CT molecular complexity index is 532. The minimum absolute atomic E-state index is 0.0393. The van der Waals surface area contributed by atoms with Crippen LogP contribution in [0.15, 0.2) is 5.16 Å². The van der Waals surface area contributed by atoms with Crippen molar-refractivity contribution in [2.75, 3.05) is 0 Å². The highest BCUT2D eigenvalue weighted by Gasteiger charge is 2.43. The molecule has 1 aromatic rings. The monoisotopic (exact) mass is 296 g/mol. The van der Waals surface area contributed by atoms with E-state index in [1.807, 2.05) is 0 Å². The first-order valence-electron chi connectivity index (χ1n) is 5.36. The number of halogens is 2. The summed E-state index contributed by atoms with van der Waals surface area (Å²) in [6, 6.07) is 0. The van der Waals surface area contributed by atoms with Crippen molar-refractivity contribution >= 4 is 15.6 Å². The van der Waals surface area contributed by atoms with Gasteiger partial charge in [-0.3, -0.25) is 9.11 Å². The molecule has 1 aliphatic heterocycles. The first-order valence-corrected chi connectivity index (χ1v) is 6.97. The first kappa shape index (κ1) is 14.2. The molecule has 10 heteroatoms. The predicted molar refractivity (Wildman–Crippen MR) is 64.9 cm³/mol. The molecular formula is C9H14F2N4O3S. The minimum Gasteiger partial charge on any atom is -0.388 e. The van der Waals surface area contributed by atoms with E-state index in [4.69, 9.17) is 4.84 Å². The van der Waals surface area contributed by atoms with Crippen LogP contribution in [0.1, 0.15) is 31.5 Å². The summed E-state index contributed by atoms with van der Waals surface area (Å²) in [6.45, 7) is 3.32. The van der Waals surface area contributed by atoms with E-state index in [2.05, 4.69) is 15.4 Å². The fourth-order valence-electron chi connectivity index (χ4n) is 1.58. The minimum atomic E-state index is -3.97. The molecule has 0 amide bonds. The number of hydrogen-bond acceptors (Lipinski definition) is 6. The fraction of sp³-hybridized carbons (Fsp3) is 0.667. The molecule has 1 aliphatic rings. The molecule has 0 saturated heterocycles. The fourth-order valence-corrected chi connectivity index (χ4v) is 2.98. The summed E-state index contributed by atoms with van der Waals surface area (Å²) >= 11 is 0. The van der Waals surface area contributed by atoms with E-state index < -0.39 is 33.3 Å². The van der Waals surface area contributed by atoms with Gasteiger partial charge in [0.15, 0.2) is 10.7 Å². The van der Waals surface area contributed by atoms with Crippen LogP contribution in [0.2, 0.25) is 0 Å². The Morgan fingerprint density at radius 3 is 2.47 bits per heavy atom. The van der Waals surface area contributed by atoms with Gasteiger partial charge in [0.25, 0.3) is 5.95 Å². The average Bonchev–Trinajstić information content (AvgIpc) is 2.80. The van der Waals surface area contributed by atoms with E-state index in [9.17, 15) is 17.9 Å². The normalized spacial score (nSPS) is 20.9. The smallest absolute Gasteiger partial charge is 0.260 e. The molecular weight excluding hydrogens is 282 g/mol. The Hall–Kier alpha value is -1.26. The van der Waals surface area contributed by atoms with Gasteiger partial charge in [0, 0.05) is 7.05 Å². The number of nitrogens with zero attached hydrogens (tertiary/aromatic N) is 4. The molecule has 0 aliphatic carbocycles. The zero-order valence-corrected chi connectivity index (χ0v) is 11.4. The van der Waals surface area contributed by atoms with Crippen molar-refractivity contribution in [1.82, 2.24) is 15.0 Å². The van der Waals surface area contributed by atoms with E-state index in [1.165, 1.54) is 7.05 Å². The Kier molecular flexibility index (Phi) is 3.27. The molecule has 108 valence electrons. The largest absolute Gasteiger partial charge is 0.388 e. The molecule has 1 atom stereocenters. The summed E-state index contributed by atoms with van der Waals surface area (Å²) < 4.78 is 47.3. The average molecular weight is 296 g/mol. The Morgan fingerprint density at radius 2 is 2.05 bits per heavy atom. The third kappa shape index (κ3) is 2.55. The van der Waals surface area contributed by atoms with Gasteiger partial charge in [0.1, 0.15) is 5.60 Å². The molecule has 1 unspecified atom stereocenters. The summed E-state index contributed by atoms with van der Waals surface area (Å²) in [6.07, 6.45) is 0.0393. The van der Waals surface area contributed by atoms with Crippen LogP contribution < -0.4 is 0 Å². The van der Waals surface area contributed by atoms with Crippen LogP contribution in [0.4, 0.5) is 8.78 Å². The number of oxime groups is 1. The molecule has 0 aromatic carbocycles. The van der Waals surface area contributed by atoms with Crippen molar-refractivity contribution in [2.24, 2.45) is 12.2 Å². The first-order chi connectivity index (χ1) is 8.63. The maximum absolute atomic E-state index is 14.1. The van der Waals surface area contributed by atoms with Gasteiger partial charge in [-0.25, -0.2) is 4.39 Å². The van der Waals surface area contributed by atoms with Crippen LogP contribution in [-0.4, -0.2) is 34.7 Å². The van der Waals surface area contributed by atoms with Crippen molar-refractivity contribution in [3.63, 3.8) is 0 Å². The van der Waals surface area contributed by atoms with Crippen LogP contribution in [0.25, 0.3) is 0 Å². The molecule has 2 N–H and O–H groups in total. The zero-order chi connectivity index (χ0) is 14.4. The Balaban J connectivity index is 2.27. The Morgan fingerprint density at radius 1 is 1.42 bits per heavy atom. The lowest BCUT2D eigenvalue weighted by Crippen LogP contribution is -2.23. The number of alkyl halides is 1. The van der Waals surface area contributed by atoms with Crippen LogP contribution in [-0.2, 0) is 11.9 Å². The van der Waals surface area contributed by atoms with Crippen LogP contribution in [0, 0.1) is 5.95 Å². The third-order valence-electron chi connectivity index (χ3n) is 2.52. The van der Waals surface area contributed by atoms with Gasteiger partial charge in [0.2, 0.25) is 5.50 Å². The second-order valence-corrected chi connectivity index (χ2v) is 6.86. The highest BCUT2D eigenvalue weighted by Crippen LogP contribution is 2.58. The molecule has 0 saturated carbocycles. The van der Waals surface area contributed by atoms with Gasteiger partial charge in [-0.05, 0) is 13.8 Å². The number of aromatic nitrogens is 3. The van der Waals surface area contributed by atoms with E-state index in [1.54, 1.807) is 13.8 Å². The van der Waals surface area contributed by atoms with Gasteiger partial charge >= 0.3 is 0 Å². The number of hydrogen-bond donors (Lipinski definition) is 2. The van der Waals surface area contributed by atoms with Gasteiger partial charge < -0.3 is 4.84 Å². The van der Waals surface area contributed by atoms with E-state index in [-0.39, 0.29) is 11.5 Å². The van der Waals surface area contributed by atoms with Crippen molar-refractivity contribution in [2.45, 2.75) is 31.4 Å². The summed E-state index contributed by atoms with van der Waals surface area (Å²) in [5.74, 6) is -1.19. The molecule has 0 fully saturated rings. The summed E-state index contributed by atoms with van der Waals surface area (Å²) in [5, 5.41) is 9.90. The molecule has 2 heterocycles. The van der Waals surface area contributed by atoms with E-state index in [0.717, 1.165) is 4.80 Å². The lowest BCUT2D eigenvalue weighted by atomic mass is 10.1. The standard InChI is InChI=1S/C9H14F2N4O3S/c1-9(2)4-5(14-18-9)19(16,17)8(11)6-7(10)13-15(3)12-6/h8,16-17H,4H2,1-3H3. The van der Waals surface area contributed by atoms with Crippen molar-refractivity contribution in [1.29, 1.82) is 0 Å². The number of rotatable bonds is 2. The molecule has 19 heavy (non-hydrogen) atoms. The zero-order valence-electron chi connectivity index (χ0n) is 10.5. The van der Waals surface area contributed by atoms with Crippen LogP contribution in [0.3, 0.4) is 0 Å². The summed E-state index contributed by atoms with van der Waals surface area (Å²) in [4.78, 5) is 5.76. The van der Waals surface area contributed by atoms with Gasteiger partial charge in [-0.1, -0.05) is 5.16 Å². The SMILES string of the molecule is Cn1nc(F)c(C(F)S(O)(O)C2=NOC(C)(C)C2)n1. The number of aryl methyl sites for hydroxylation is 1. The molecule has 2 rings (SSSR count). The topological polar surface area (TPSA) is 92.8 Å². The second-order valence-electron chi connectivity index (χ2n) is 4.79. The molecule has 0 spiro atoms. The maximum atomic E-state index is 14.1. The second kappa shape index (κ2) is 4.39. The van der Waals surface area contributed by atoms with E-state index in [0.29, 0.717) is 0 Å². The highest BCUT2D eigenvalue weighted by molar-refractivity contribution is 8.36. The molecule has 0 radical (unpaired) electrons. The van der Waals surface area contributed by atoms with Gasteiger partial charge in [0.05, 0.1) is 6.42 Å². The molecule has 0 bridgehead atoms. The van der Waals surface area contributed by atoms with Crippen LogP contribution in [0.5, 0.6) is 0 Å². The molecule has 1 aromatic heterocycles. The molecule has 7 nitrogen and oxygen atoms in total. The van der Waals surface area contributed by atoms with Gasteiger partial charge in [-0.15, -0.1) is 15.7 Å². The summed E-state index contributed by atoms with van der Waals surface area (Å²) in [7, 11) is -2.67. The predicted octanol–water partition coefficient (Wildman–Crippen LogP) is 2.19. The third-order valence-corrected chi connectivity index (χ3v) is 4.23. The van der Waals surface area contributed by atoms with E-state index >= 15 is 0 Å². The van der Waals surface area contributed by atoms with Gasteiger partial charge in [-0.2, -0.15) is 14.3 Å². The maximum Gasteiger partial charge on any atom is 0.260 e.